The Labute approximate surface area is 146 Å². The fraction of sp³-hybridized carbons (Fsp3) is 0.529. The standard InChI is InChI=1S/C17H20N2O3S2/c20-16(13-6-7-13)18-17-19(9-8-12-4-2-1-3-5-12)14-10-24(21,22)11-15(14)23-17/h1-5,13-15H,6-11H2/t14-,15+/m1/s1. The molecule has 3 aliphatic rings. The van der Waals surface area contributed by atoms with Crippen LogP contribution in [0.25, 0.3) is 0 Å². The SMILES string of the molecule is O=C(N=C1S[C@H]2CS(=O)(=O)C[C@H]2N1CCc1ccccc1)C1CC1. The quantitative estimate of drug-likeness (QED) is 0.814. The van der Waals surface area contributed by atoms with Crippen molar-refractivity contribution in [1.29, 1.82) is 0 Å². The van der Waals surface area contributed by atoms with Gasteiger partial charge in [-0.15, -0.1) is 0 Å². The maximum atomic E-state index is 12.1. The molecule has 0 spiro atoms. The molecule has 2 heterocycles. The second-order valence-corrected chi connectivity index (χ2v) is 10.1. The summed E-state index contributed by atoms with van der Waals surface area (Å²) in [5.41, 5.74) is 1.21. The molecule has 0 bridgehead atoms. The summed E-state index contributed by atoms with van der Waals surface area (Å²) in [6.45, 7) is 0.699. The molecule has 1 aliphatic carbocycles. The van der Waals surface area contributed by atoms with Gasteiger partial charge in [-0.3, -0.25) is 4.79 Å². The third-order valence-corrected chi connectivity index (χ3v) is 8.04. The van der Waals surface area contributed by atoms with Crippen LogP contribution in [0, 0.1) is 5.92 Å². The van der Waals surface area contributed by atoms with E-state index in [0.29, 0.717) is 6.54 Å². The summed E-state index contributed by atoms with van der Waals surface area (Å²) in [6, 6.07) is 10.1. The van der Waals surface area contributed by atoms with Crippen LogP contribution < -0.4 is 0 Å². The first-order chi connectivity index (χ1) is 11.5. The van der Waals surface area contributed by atoms with Gasteiger partial charge in [-0.1, -0.05) is 42.1 Å². The summed E-state index contributed by atoms with van der Waals surface area (Å²) >= 11 is 1.48. The molecule has 2 aliphatic heterocycles. The van der Waals surface area contributed by atoms with E-state index < -0.39 is 9.84 Å². The topological polar surface area (TPSA) is 66.8 Å². The Morgan fingerprint density at radius 2 is 1.96 bits per heavy atom. The largest absolute Gasteiger partial charge is 0.346 e. The lowest BCUT2D eigenvalue weighted by Gasteiger charge is -2.24. The first-order valence-corrected chi connectivity index (χ1v) is 11.0. The van der Waals surface area contributed by atoms with Crippen molar-refractivity contribution >= 4 is 32.7 Å². The lowest BCUT2D eigenvalue weighted by atomic mass is 10.1. The number of rotatable bonds is 4. The zero-order chi connectivity index (χ0) is 16.7. The second kappa shape index (κ2) is 6.19. The van der Waals surface area contributed by atoms with Crippen LogP contribution in [0.2, 0.25) is 0 Å². The van der Waals surface area contributed by atoms with Crippen molar-refractivity contribution in [1.82, 2.24) is 4.90 Å². The van der Waals surface area contributed by atoms with Gasteiger partial charge in [0.15, 0.2) is 15.0 Å². The highest BCUT2D eigenvalue weighted by Crippen LogP contribution is 2.39. The molecule has 2 saturated heterocycles. The van der Waals surface area contributed by atoms with Gasteiger partial charge in [0.05, 0.1) is 17.5 Å². The van der Waals surface area contributed by atoms with Crippen LogP contribution in [0.3, 0.4) is 0 Å². The second-order valence-electron chi connectivity index (χ2n) is 6.74. The van der Waals surface area contributed by atoms with Crippen LogP contribution in [-0.4, -0.2) is 53.7 Å². The number of hydrogen-bond acceptors (Lipinski definition) is 4. The van der Waals surface area contributed by atoms with Crippen molar-refractivity contribution in [2.45, 2.75) is 30.6 Å². The smallest absolute Gasteiger partial charge is 0.251 e. The Morgan fingerprint density at radius 1 is 1.21 bits per heavy atom. The minimum absolute atomic E-state index is 0.0107. The van der Waals surface area contributed by atoms with Crippen LogP contribution >= 0.6 is 11.8 Å². The summed E-state index contributed by atoms with van der Waals surface area (Å²) in [5, 5.41) is 0.740. The summed E-state index contributed by atoms with van der Waals surface area (Å²) in [6.07, 6.45) is 2.69. The normalized spacial score (nSPS) is 29.8. The molecular formula is C17H20N2O3S2. The van der Waals surface area contributed by atoms with Gasteiger partial charge in [0.25, 0.3) is 5.91 Å². The molecule has 2 atom stereocenters. The van der Waals surface area contributed by atoms with Gasteiger partial charge in [-0.25, -0.2) is 8.42 Å². The van der Waals surface area contributed by atoms with Crippen LogP contribution in [0.15, 0.2) is 35.3 Å². The average Bonchev–Trinajstić information content (AvgIpc) is 3.29. The minimum Gasteiger partial charge on any atom is -0.346 e. The van der Waals surface area contributed by atoms with Crippen molar-refractivity contribution in [2.24, 2.45) is 10.9 Å². The molecule has 5 nitrogen and oxygen atoms in total. The number of carbonyl (C=O) groups excluding carboxylic acids is 1. The molecule has 3 fully saturated rings. The van der Waals surface area contributed by atoms with Gasteiger partial charge in [-0.05, 0) is 24.8 Å². The Bertz CT molecular complexity index is 772. The Morgan fingerprint density at radius 3 is 2.67 bits per heavy atom. The minimum atomic E-state index is -2.98. The third-order valence-electron chi connectivity index (χ3n) is 4.79. The number of carbonyl (C=O) groups is 1. The van der Waals surface area contributed by atoms with E-state index >= 15 is 0 Å². The molecule has 1 aromatic rings. The van der Waals surface area contributed by atoms with Crippen molar-refractivity contribution in [3.05, 3.63) is 35.9 Å². The number of nitrogens with zero attached hydrogens (tertiary/aromatic N) is 2. The molecule has 0 aromatic heterocycles. The predicted octanol–water partition coefficient (Wildman–Crippen LogP) is 1.74. The van der Waals surface area contributed by atoms with E-state index in [1.165, 1.54) is 17.3 Å². The maximum Gasteiger partial charge on any atom is 0.251 e. The van der Waals surface area contributed by atoms with Gasteiger partial charge in [-0.2, -0.15) is 4.99 Å². The highest BCUT2D eigenvalue weighted by Gasteiger charge is 2.48. The number of sulfone groups is 1. The lowest BCUT2D eigenvalue weighted by molar-refractivity contribution is -0.118. The molecule has 7 heteroatoms. The van der Waals surface area contributed by atoms with Gasteiger partial charge >= 0.3 is 0 Å². The van der Waals surface area contributed by atoms with Crippen LogP contribution in [0.5, 0.6) is 0 Å². The number of hydrogen-bond donors (Lipinski definition) is 0. The fourth-order valence-corrected chi connectivity index (χ4v) is 7.29. The summed E-state index contributed by atoms with van der Waals surface area (Å²) in [5.74, 6) is 0.431. The maximum absolute atomic E-state index is 12.1. The van der Waals surface area contributed by atoms with E-state index in [4.69, 9.17) is 0 Å². The summed E-state index contributed by atoms with van der Waals surface area (Å²) in [7, 11) is -2.98. The molecule has 0 N–H and O–H groups in total. The van der Waals surface area contributed by atoms with Crippen molar-refractivity contribution < 1.29 is 13.2 Å². The summed E-state index contributed by atoms with van der Waals surface area (Å²) in [4.78, 5) is 18.5. The van der Waals surface area contributed by atoms with Crippen LogP contribution in [0.4, 0.5) is 0 Å². The number of thioether (sulfide) groups is 1. The molecule has 1 amide bonds. The molecule has 0 unspecified atom stereocenters. The summed E-state index contributed by atoms with van der Waals surface area (Å²) < 4.78 is 23.9. The van der Waals surface area contributed by atoms with E-state index in [1.807, 2.05) is 18.2 Å². The third kappa shape index (κ3) is 3.37. The molecule has 128 valence electrons. The highest BCUT2D eigenvalue weighted by atomic mass is 32.2. The molecule has 1 aromatic carbocycles. The molecule has 1 saturated carbocycles. The Hall–Kier alpha value is -1.34. The van der Waals surface area contributed by atoms with Crippen molar-refractivity contribution in [2.75, 3.05) is 18.1 Å². The lowest BCUT2D eigenvalue weighted by Crippen LogP contribution is -2.39. The highest BCUT2D eigenvalue weighted by molar-refractivity contribution is 8.15. The molecule has 0 radical (unpaired) electrons. The number of amidine groups is 1. The number of amides is 1. The van der Waals surface area contributed by atoms with Gasteiger partial charge in [0.2, 0.25) is 0 Å². The first-order valence-electron chi connectivity index (χ1n) is 8.32. The van der Waals surface area contributed by atoms with E-state index in [-0.39, 0.29) is 34.6 Å². The number of fused-ring (bicyclic) bond motifs is 1. The van der Waals surface area contributed by atoms with E-state index in [1.54, 1.807) is 0 Å². The number of aliphatic imine (C=N–C) groups is 1. The fourth-order valence-electron chi connectivity index (χ4n) is 3.31. The molecular weight excluding hydrogens is 344 g/mol. The van der Waals surface area contributed by atoms with Crippen molar-refractivity contribution in [3.8, 4) is 0 Å². The monoisotopic (exact) mass is 364 g/mol. The van der Waals surface area contributed by atoms with Crippen LogP contribution in [-0.2, 0) is 21.1 Å². The van der Waals surface area contributed by atoms with E-state index in [2.05, 4.69) is 22.0 Å². The van der Waals surface area contributed by atoms with Crippen molar-refractivity contribution in [3.63, 3.8) is 0 Å². The predicted molar refractivity (Wildman–Crippen MR) is 95.8 cm³/mol. The zero-order valence-electron chi connectivity index (χ0n) is 13.3. The average molecular weight is 364 g/mol. The molecule has 4 rings (SSSR count). The van der Waals surface area contributed by atoms with Gasteiger partial charge < -0.3 is 4.90 Å². The van der Waals surface area contributed by atoms with E-state index in [0.717, 1.165) is 24.4 Å². The van der Waals surface area contributed by atoms with Crippen LogP contribution in [0.1, 0.15) is 18.4 Å². The number of benzene rings is 1. The van der Waals surface area contributed by atoms with E-state index in [9.17, 15) is 13.2 Å². The Kier molecular flexibility index (Phi) is 4.16. The molecule has 24 heavy (non-hydrogen) atoms. The first kappa shape index (κ1) is 16.1. The zero-order valence-corrected chi connectivity index (χ0v) is 14.9. The Balaban J connectivity index is 1.54. The van der Waals surface area contributed by atoms with Gasteiger partial charge in [0.1, 0.15) is 0 Å². The van der Waals surface area contributed by atoms with Gasteiger partial charge in [0, 0.05) is 17.7 Å².